The second kappa shape index (κ2) is 7.66. The molecule has 0 spiro atoms. The van der Waals surface area contributed by atoms with Crippen molar-refractivity contribution in [3.63, 3.8) is 0 Å². The molecular weight excluding hydrogens is 405 g/mol. The summed E-state index contributed by atoms with van der Waals surface area (Å²) < 4.78 is 0. The van der Waals surface area contributed by atoms with E-state index in [2.05, 4.69) is 5.32 Å². The lowest BCUT2D eigenvalue weighted by atomic mass is 9.66. The molecule has 148 valence electrons. The van der Waals surface area contributed by atoms with Crippen molar-refractivity contribution in [2.24, 2.45) is 5.41 Å². The molecule has 28 heavy (non-hydrogen) atoms. The SMILES string of the molecule is CC1(C)[C@H]([N+](=O)[O-])[C@@H](c2ccc(Cl)cc2)N[C@@H](c2ccc(Cl)cc2)[C@H]1[N+](=O)[O-]. The summed E-state index contributed by atoms with van der Waals surface area (Å²) in [7, 11) is 0. The van der Waals surface area contributed by atoms with Crippen molar-refractivity contribution in [1.82, 2.24) is 5.32 Å². The van der Waals surface area contributed by atoms with E-state index in [0.717, 1.165) is 0 Å². The third-order valence-corrected chi connectivity index (χ3v) is 5.93. The highest BCUT2D eigenvalue weighted by atomic mass is 35.5. The molecule has 0 unspecified atom stereocenters. The van der Waals surface area contributed by atoms with Crippen molar-refractivity contribution >= 4 is 23.2 Å². The van der Waals surface area contributed by atoms with Gasteiger partial charge in [-0.15, -0.1) is 0 Å². The molecular formula is C19H19Cl2N3O4. The molecule has 3 rings (SSSR count). The van der Waals surface area contributed by atoms with E-state index in [-0.39, 0.29) is 0 Å². The highest BCUT2D eigenvalue weighted by Gasteiger charge is 2.62. The number of benzene rings is 2. The van der Waals surface area contributed by atoms with Crippen LogP contribution < -0.4 is 5.32 Å². The molecule has 9 heteroatoms. The molecule has 2 aromatic carbocycles. The molecule has 2 aromatic rings. The molecule has 0 bridgehead atoms. The third kappa shape index (κ3) is 3.70. The third-order valence-electron chi connectivity index (χ3n) is 5.43. The van der Waals surface area contributed by atoms with E-state index in [1.165, 1.54) is 0 Å². The smallest absolute Gasteiger partial charge is 0.243 e. The van der Waals surface area contributed by atoms with Gasteiger partial charge in [0, 0.05) is 19.9 Å². The Morgan fingerprint density at radius 2 is 1.11 bits per heavy atom. The molecule has 1 aliphatic rings. The van der Waals surface area contributed by atoms with E-state index >= 15 is 0 Å². The molecule has 1 N–H and O–H groups in total. The highest BCUT2D eigenvalue weighted by Crippen LogP contribution is 2.47. The summed E-state index contributed by atoms with van der Waals surface area (Å²) in [6.45, 7) is 3.17. The van der Waals surface area contributed by atoms with Crippen LogP contribution in [0.15, 0.2) is 48.5 Å². The summed E-state index contributed by atoms with van der Waals surface area (Å²) >= 11 is 11.9. The van der Waals surface area contributed by atoms with Crippen molar-refractivity contribution in [3.8, 4) is 0 Å². The van der Waals surface area contributed by atoms with Gasteiger partial charge in [0.2, 0.25) is 12.1 Å². The van der Waals surface area contributed by atoms with Gasteiger partial charge in [0.05, 0.1) is 0 Å². The van der Waals surface area contributed by atoms with Crippen molar-refractivity contribution in [2.45, 2.75) is 38.0 Å². The van der Waals surface area contributed by atoms with Crippen LogP contribution in [0.4, 0.5) is 0 Å². The molecule has 4 atom stereocenters. The molecule has 0 aromatic heterocycles. The number of hydrogen-bond donors (Lipinski definition) is 1. The van der Waals surface area contributed by atoms with Gasteiger partial charge in [-0.3, -0.25) is 25.5 Å². The Morgan fingerprint density at radius 1 is 0.786 bits per heavy atom. The monoisotopic (exact) mass is 423 g/mol. The van der Waals surface area contributed by atoms with E-state index in [1.807, 2.05) is 0 Å². The van der Waals surface area contributed by atoms with E-state index < -0.39 is 39.4 Å². The predicted octanol–water partition coefficient (Wildman–Crippen LogP) is 4.70. The summed E-state index contributed by atoms with van der Waals surface area (Å²) in [6, 6.07) is 9.59. The number of nitro groups is 2. The Labute approximate surface area is 171 Å². The molecule has 1 aliphatic heterocycles. The second-order valence-corrected chi connectivity index (χ2v) is 8.38. The Kier molecular flexibility index (Phi) is 5.61. The lowest BCUT2D eigenvalue weighted by Gasteiger charge is -2.44. The van der Waals surface area contributed by atoms with Crippen LogP contribution in [0.1, 0.15) is 37.1 Å². The fraction of sp³-hybridized carbons (Fsp3) is 0.368. The molecule has 0 saturated carbocycles. The minimum absolute atomic E-state index is 0.430. The molecule has 0 aliphatic carbocycles. The van der Waals surface area contributed by atoms with Gasteiger partial charge in [0.25, 0.3) is 0 Å². The Bertz CT molecular complexity index is 816. The maximum absolute atomic E-state index is 12.0. The van der Waals surface area contributed by atoms with Crippen molar-refractivity contribution in [3.05, 3.63) is 89.9 Å². The summed E-state index contributed by atoms with van der Waals surface area (Å²) in [6.07, 6.45) is 0. The summed E-state index contributed by atoms with van der Waals surface area (Å²) in [5, 5.41) is 28.1. The zero-order valence-corrected chi connectivity index (χ0v) is 16.7. The highest BCUT2D eigenvalue weighted by molar-refractivity contribution is 6.30. The van der Waals surface area contributed by atoms with Crippen LogP contribution >= 0.6 is 23.2 Å². The molecule has 1 heterocycles. The fourth-order valence-corrected chi connectivity index (χ4v) is 4.35. The minimum Gasteiger partial charge on any atom is -0.291 e. The Balaban J connectivity index is 2.14. The number of hydrogen-bond acceptors (Lipinski definition) is 5. The van der Waals surface area contributed by atoms with E-state index in [4.69, 9.17) is 23.2 Å². The van der Waals surface area contributed by atoms with Gasteiger partial charge in [-0.05, 0) is 49.2 Å². The number of piperidine rings is 1. The first kappa shape index (κ1) is 20.5. The van der Waals surface area contributed by atoms with Gasteiger partial charge in [-0.25, -0.2) is 0 Å². The van der Waals surface area contributed by atoms with Gasteiger partial charge in [-0.2, -0.15) is 0 Å². The molecule has 1 saturated heterocycles. The van der Waals surface area contributed by atoms with E-state index in [9.17, 15) is 20.2 Å². The van der Waals surface area contributed by atoms with Crippen LogP contribution in [0.25, 0.3) is 0 Å². The first-order valence-electron chi connectivity index (χ1n) is 8.67. The van der Waals surface area contributed by atoms with Crippen molar-refractivity contribution in [2.75, 3.05) is 0 Å². The molecule has 0 amide bonds. The molecule has 1 fully saturated rings. The Morgan fingerprint density at radius 3 is 1.39 bits per heavy atom. The maximum atomic E-state index is 12.0. The van der Waals surface area contributed by atoms with Crippen LogP contribution in [0.3, 0.4) is 0 Å². The van der Waals surface area contributed by atoms with Crippen molar-refractivity contribution in [1.29, 1.82) is 0 Å². The van der Waals surface area contributed by atoms with Gasteiger partial charge in [-0.1, -0.05) is 47.5 Å². The average Bonchev–Trinajstić information content (AvgIpc) is 2.60. The van der Waals surface area contributed by atoms with Crippen LogP contribution in [0.2, 0.25) is 10.0 Å². The summed E-state index contributed by atoms with van der Waals surface area (Å²) in [5.41, 5.74) is 0.0761. The van der Waals surface area contributed by atoms with Crippen LogP contribution in [0.5, 0.6) is 0 Å². The maximum Gasteiger partial charge on any atom is 0.243 e. The number of nitrogens with zero attached hydrogens (tertiary/aromatic N) is 2. The van der Waals surface area contributed by atoms with Crippen LogP contribution in [-0.4, -0.2) is 21.9 Å². The van der Waals surface area contributed by atoms with Gasteiger partial charge >= 0.3 is 0 Å². The standard InChI is InChI=1S/C19H19Cl2N3O4/c1-19(2)17(23(25)26)15(11-3-7-13(20)8-4-11)22-16(18(19)24(27)28)12-5-9-14(21)10-6-12/h3-10,15-18,22H,1-2H3/t15-,16+,17-,18-/m1/s1. The molecule has 0 radical (unpaired) electrons. The predicted molar refractivity (Wildman–Crippen MR) is 107 cm³/mol. The van der Waals surface area contributed by atoms with Gasteiger partial charge < -0.3 is 0 Å². The largest absolute Gasteiger partial charge is 0.291 e. The second-order valence-electron chi connectivity index (χ2n) is 7.51. The van der Waals surface area contributed by atoms with Gasteiger partial charge in [0.1, 0.15) is 17.5 Å². The molecule has 7 nitrogen and oxygen atoms in total. The average molecular weight is 424 g/mol. The number of nitrogens with one attached hydrogen (secondary N) is 1. The van der Waals surface area contributed by atoms with Crippen LogP contribution in [-0.2, 0) is 0 Å². The summed E-state index contributed by atoms with van der Waals surface area (Å²) in [4.78, 5) is 23.1. The topological polar surface area (TPSA) is 98.3 Å². The Hall–Kier alpha value is -2.22. The fourth-order valence-electron chi connectivity index (χ4n) is 4.09. The van der Waals surface area contributed by atoms with E-state index in [0.29, 0.717) is 21.2 Å². The number of rotatable bonds is 4. The van der Waals surface area contributed by atoms with Crippen LogP contribution in [0, 0.1) is 25.6 Å². The first-order chi connectivity index (χ1) is 13.1. The van der Waals surface area contributed by atoms with Crippen molar-refractivity contribution < 1.29 is 9.85 Å². The first-order valence-corrected chi connectivity index (χ1v) is 9.42. The number of halogens is 2. The van der Waals surface area contributed by atoms with Gasteiger partial charge in [0.15, 0.2) is 0 Å². The lowest BCUT2D eigenvalue weighted by molar-refractivity contribution is -0.605. The quantitative estimate of drug-likeness (QED) is 0.567. The summed E-state index contributed by atoms with van der Waals surface area (Å²) in [5.74, 6) is 0. The van der Waals surface area contributed by atoms with E-state index in [1.54, 1.807) is 62.4 Å². The normalized spacial score (nSPS) is 26.6. The zero-order valence-electron chi connectivity index (χ0n) is 15.2. The zero-order chi connectivity index (χ0) is 20.6. The lowest BCUT2D eigenvalue weighted by Crippen LogP contribution is -2.63. The minimum atomic E-state index is -1.23.